The van der Waals surface area contributed by atoms with Gasteiger partial charge in [0.2, 0.25) is 0 Å². The third-order valence-corrected chi connectivity index (χ3v) is 4.96. The smallest absolute Gasteiger partial charge is 0.273 e. The number of nitrogens with one attached hydrogen (secondary N) is 1. The van der Waals surface area contributed by atoms with Crippen LogP contribution in [0.1, 0.15) is 31.2 Å². The Kier molecular flexibility index (Phi) is 4.15. The second-order valence-electron chi connectivity index (χ2n) is 6.21. The first kappa shape index (κ1) is 14.8. The highest BCUT2D eigenvalue weighted by Crippen LogP contribution is 2.31. The van der Waals surface area contributed by atoms with Gasteiger partial charge in [-0.05, 0) is 44.9 Å². The summed E-state index contributed by atoms with van der Waals surface area (Å²) in [6.07, 6.45) is 4.77. The first-order valence-electron chi connectivity index (χ1n) is 7.42. The molecular formula is C15H20ClN3O2. The normalized spacial score (nSPS) is 28.0. The quantitative estimate of drug-likeness (QED) is 0.686. The predicted octanol–water partition coefficient (Wildman–Crippen LogP) is 2.96. The summed E-state index contributed by atoms with van der Waals surface area (Å²) >= 11 is 6.00. The molecule has 1 aromatic carbocycles. The van der Waals surface area contributed by atoms with Gasteiger partial charge in [0.15, 0.2) is 0 Å². The molecule has 2 aliphatic rings. The zero-order valence-electron chi connectivity index (χ0n) is 12.1. The molecule has 21 heavy (non-hydrogen) atoms. The molecule has 2 fully saturated rings. The highest BCUT2D eigenvalue weighted by atomic mass is 35.5. The highest BCUT2D eigenvalue weighted by molar-refractivity contribution is 6.30. The Hall–Kier alpha value is -1.17. The number of benzene rings is 1. The fraction of sp³-hybridized carbons (Fsp3) is 0.600. The number of rotatable bonds is 4. The molecule has 2 saturated heterocycles. The van der Waals surface area contributed by atoms with Gasteiger partial charge < -0.3 is 5.32 Å². The molecular weight excluding hydrogens is 290 g/mol. The van der Waals surface area contributed by atoms with Crippen LogP contribution >= 0.6 is 11.6 Å². The summed E-state index contributed by atoms with van der Waals surface area (Å²) in [7, 11) is 2.06. The standard InChI is InChI=1S/C15H20ClN3O2/c1-18(14-7-12-3-4-13(8-14)17-12)9-10-6-11(16)2-5-15(10)19(20)21/h2,5-6,12-14,17H,3-4,7-9H2,1H3. The van der Waals surface area contributed by atoms with E-state index in [1.165, 1.54) is 18.9 Å². The molecule has 2 aliphatic heterocycles. The van der Waals surface area contributed by atoms with Gasteiger partial charge in [0.05, 0.1) is 4.92 Å². The molecule has 2 atom stereocenters. The summed E-state index contributed by atoms with van der Waals surface area (Å²) in [6.45, 7) is 0.570. The van der Waals surface area contributed by atoms with Crippen LogP contribution in [0.25, 0.3) is 0 Å². The lowest BCUT2D eigenvalue weighted by Gasteiger charge is -2.35. The van der Waals surface area contributed by atoms with Crippen LogP contribution in [0, 0.1) is 10.1 Å². The number of nitrogens with zero attached hydrogens (tertiary/aromatic N) is 2. The van der Waals surface area contributed by atoms with Gasteiger partial charge in [0.25, 0.3) is 5.69 Å². The summed E-state index contributed by atoms with van der Waals surface area (Å²) < 4.78 is 0. The molecule has 5 nitrogen and oxygen atoms in total. The van der Waals surface area contributed by atoms with Gasteiger partial charge >= 0.3 is 0 Å². The average Bonchev–Trinajstić information content (AvgIpc) is 2.77. The minimum Gasteiger partial charge on any atom is -0.311 e. The van der Waals surface area contributed by atoms with E-state index in [2.05, 4.69) is 17.3 Å². The zero-order chi connectivity index (χ0) is 15.0. The van der Waals surface area contributed by atoms with Crippen molar-refractivity contribution in [2.45, 2.75) is 50.4 Å². The molecule has 2 bridgehead atoms. The van der Waals surface area contributed by atoms with E-state index in [1.54, 1.807) is 12.1 Å². The first-order valence-corrected chi connectivity index (χ1v) is 7.80. The van der Waals surface area contributed by atoms with E-state index in [1.807, 2.05) is 0 Å². The first-order chi connectivity index (χ1) is 10.0. The van der Waals surface area contributed by atoms with Crippen LogP contribution in [0.2, 0.25) is 5.02 Å². The van der Waals surface area contributed by atoms with Gasteiger partial charge in [-0.1, -0.05) is 11.6 Å². The van der Waals surface area contributed by atoms with E-state index >= 15 is 0 Å². The Bertz CT molecular complexity index is 540. The maximum absolute atomic E-state index is 11.1. The van der Waals surface area contributed by atoms with Crippen molar-refractivity contribution in [2.24, 2.45) is 0 Å². The summed E-state index contributed by atoms with van der Waals surface area (Å²) in [5, 5.41) is 15.3. The fourth-order valence-corrected chi connectivity index (χ4v) is 3.84. The van der Waals surface area contributed by atoms with Crippen molar-refractivity contribution in [2.75, 3.05) is 7.05 Å². The SMILES string of the molecule is CN(Cc1cc(Cl)ccc1[N+](=O)[O-])C1CC2CCC(C1)N2. The molecule has 2 heterocycles. The van der Waals surface area contributed by atoms with Crippen LogP contribution in [0.15, 0.2) is 18.2 Å². The van der Waals surface area contributed by atoms with E-state index in [-0.39, 0.29) is 10.6 Å². The van der Waals surface area contributed by atoms with E-state index in [0.717, 1.165) is 12.8 Å². The van der Waals surface area contributed by atoms with Crippen LogP contribution in [0.4, 0.5) is 5.69 Å². The molecule has 3 rings (SSSR count). The van der Waals surface area contributed by atoms with Gasteiger partial charge in [-0.2, -0.15) is 0 Å². The molecule has 0 aliphatic carbocycles. The van der Waals surface area contributed by atoms with E-state index in [0.29, 0.717) is 35.3 Å². The highest BCUT2D eigenvalue weighted by Gasteiger charge is 2.35. The molecule has 0 saturated carbocycles. The van der Waals surface area contributed by atoms with Crippen LogP contribution < -0.4 is 5.32 Å². The van der Waals surface area contributed by atoms with Gasteiger partial charge in [-0.3, -0.25) is 15.0 Å². The molecule has 6 heteroatoms. The molecule has 0 aromatic heterocycles. The number of piperidine rings is 1. The third-order valence-electron chi connectivity index (χ3n) is 4.73. The largest absolute Gasteiger partial charge is 0.311 e. The topological polar surface area (TPSA) is 58.4 Å². The monoisotopic (exact) mass is 309 g/mol. The van der Waals surface area contributed by atoms with Crippen LogP contribution in [-0.2, 0) is 6.54 Å². The number of hydrogen-bond acceptors (Lipinski definition) is 4. The van der Waals surface area contributed by atoms with Gasteiger partial charge in [0, 0.05) is 41.3 Å². The number of nitro benzene ring substituents is 1. The molecule has 0 radical (unpaired) electrons. The fourth-order valence-electron chi connectivity index (χ4n) is 3.64. The van der Waals surface area contributed by atoms with E-state index < -0.39 is 0 Å². The van der Waals surface area contributed by atoms with Crippen LogP contribution in [0.3, 0.4) is 0 Å². The molecule has 1 aromatic rings. The molecule has 0 amide bonds. The predicted molar refractivity (Wildman–Crippen MR) is 82.5 cm³/mol. The number of fused-ring (bicyclic) bond motifs is 2. The van der Waals surface area contributed by atoms with Gasteiger partial charge in [-0.15, -0.1) is 0 Å². The average molecular weight is 310 g/mol. The lowest BCUT2D eigenvalue weighted by Crippen LogP contribution is -2.46. The Morgan fingerprint density at radius 2 is 2.05 bits per heavy atom. The van der Waals surface area contributed by atoms with Crippen molar-refractivity contribution < 1.29 is 4.92 Å². The number of nitro groups is 1. The van der Waals surface area contributed by atoms with Crippen molar-refractivity contribution in [3.8, 4) is 0 Å². The van der Waals surface area contributed by atoms with Crippen molar-refractivity contribution in [1.82, 2.24) is 10.2 Å². The second-order valence-corrected chi connectivity index (χ2v) is 6.64. The molecule has 0 spiro atoms. The maximum atomic E-state index is 11.1. The van der Waals surface area contributed by atoms with Crippen LogP contribution in [-0.4, -0.2) is 35.0 Å². The van der Waals surface area contributed by atoms with E-state index in [4.69, 9.17) is 11.6 Å². The Labute approximate surface area is 129 Å². The Morgan fingerprint density at radius 1 is 1.38 bits per heavy atom. The molecule has 2 unspecified atom stereocenters. The van der Waals surface area contributed by atoms with Crippen LogP contribution in [0.5, 0.6) is 0 Å². The molecule has 1 N–H and O–H groups in total. The summed E-state index contributed by atoms with van der Waals surface area (Å²) in [5.74, 6) is 0. The van der Waals surface area contributed by atoms with Gasteiger partial charge in [-0.25, -0.2) is 0 Å². The van der Waals surface area contributed by atoms with Crippen molar-refractivity contribution in [3.63, 3.8) is 0 Å². The summed E-state index contributed by atoms with van der Waals surface area (Å²) in [4.78, 5) is 13.1. The zero-order valence-corrected chi connectivity index (χ0v) is 12.8. The minimum absolute atomic E-state index is 0.156. The molecule has 114 valence electrons. The van der Waals surface area contributed by atoms with Crippen molar-refractivity contribution in [3.05, 3.63) is 38.9 Å². The minimum atomic E-state index is -0.328. The lowest BCUT2D eigenvalue weighted by atomic mass is 9.98. The lowest BCUT2D eigenvalue weighted by molar-refractivity contribution is -0.385. The summed E-state index contributed by atoms with van der Waals surface area (Å²) in [6, 6.07) is 6.51. The van der Waals surface area contributed by atoms with Crippen molar-refractivity contribution >= 4 is 17.3 Å². The third kappa shape index (κ3) is 3.20. The summed E-state index contributed by atoms with van der Waals surface area (Å²) in [5.41, 5.74) is 0.851. The number of hydrogen-bond donors (Lipinski definition) is 1. The van der Waals surface area contributed by atoms with E-state index in [9.17, 15) is 10.1 Å². The van der Waals surface area contributed by atoms with Crippen molar-refractivity contribution in [1.29, 1.82) is 0 Å². The Balaban J connectivity index is 1.74. The van der Waals surface area contributed by atoms with Gasteiger partial charge in [0.1, 0.15) is 0 Å². The maximum Gasteiger partial charge on any atom is 0.273 e. The number of halogens is 1. The second kappa shape index (κ2) is 5.91. The Morgan fingerprint density at radius 3 is 2.67 bits per heavy atom.